The molecular weight excluding hydrogens is 188 g/mol. The Morgan fingerprint density at radius 2 is 1.87 bits per heavy atom. The fourth-order valence-electron chi connectivity index (χ4n) is 1.47. The van der Waals surface area contributed by atoms with Gasteiger partial charge in [-0.05, 0) is 11.5 Å². The van der Waals surface area contributed by atoms with Crippen LogP contribution in [0.25, 0.3) is 0 Å². The Labute approximate surface area is 91.3 Å². The van der Waals surface area contributed by atoms with Gasteiger partial charge in [0.2, 0.25) is 0 Å². The Morgan fingerprint density at radius 1 is 1.27 bits per heavy atom. The van der Waals surface area contributed by atoms with Gasteiger partial charge in [0.05, 0.1) is 0 Å². The van der Waals surface area contributed by atoms with Gasteiger partial charge in [-0.15, -0.1) is 0 Å². The van der Waals surface area contributed by atoms with Crippen molar-refractivity contribution < 1.29 is 9.53 Å². The summed E-state index contributed by atoms with van der Waals surface area (Å²) in [7, 11) is 0. The van der Waals surface area contributed by atoms with Gasteiger partial charge in [0, 0.05) is 13.3 Å². The van der Waals surface area contributed by atoms with Crippen molar-refractivity contribution >= 4 is 5.97 Å². The van der Waals surface area contributed by atoms with Crippen LogP contribution in [0.2, 0.25) is 0 Å². The number of ether oxygens (including phenoxy) is 1. The van der Waals surface area contributed by atoms with Crippen LogP contribution in [0.5, 0.6) is 0 Å². The third kappa shape index (κ3) is 4.15. The molecule has 0 heterocycles. The van der Waals surface area contributed by atoms with Crippen LogP contribution >= 0.6 is 0 Å². The first-order chi connectivity index (χ1) is 7.09. The van der Waals surface area contributed by atoms with E-state index < -0.39 is 0 Å². The van der Waals surface area contributed by atoms with E-state index in [0.717, 1.165) is 6.42 Å². The van der Waals surface area contributed by atoms with Gasteiger partial charge < -0.3 is 4.74 Å². The van der Waals surface area contributed by atoms with Crippen molar-refractivity contribution in [1.29, 1.82) is 0 Å². The number of hydrogen-bond acceptors (Lipinski definition) is 2. The molecular formula is C13H18O2. The largest absolute Gasteiger partial charge is 0.462 e. The lowest BCUT2D eigenvalue weighted by atomic mass is 9.99. The minimum atomic E-state index is -0.204. The Kier molecular flexibility index (Phi) is 4.35. The van der Waals surface area contributed by atoms with Crippen LogP contribution < -0.4 is 0 Å². The van der Waals surface area contributed by atoms with E-state index in [0.29, 0.717) is 5.92 Å². The lowest BCUT2D eigenvalue weighted by Gasteiger charge is -2.20. The van der Waals surface area contributed by atoms with Crippen molar-refractivity contribution in [2.45, 2.75) is 33.3 Å². The van der Waals surface area contributed by atoms with Gasteiger partial charge >= 0.3 is 5.97 Å². The van der Waals surface area contributed by atoms with Crippen molar-refractivity contribution in [3.8, 4) is 0 Å². The highest BCUT2D eigenvalue weighted by atomic mass is 16.5. The van der Waals surface area contributed by atoms with Crippen molar-refractivity contribution in [2.75, 3.05) is 0 Å². The quantitative estimate of drug-likeness (QED) is 0.708. The second kappa shape index (κ2) is 5.54. The summed E-state index contributed by atoms with van der Waals surface area (Å²) in [6.45, 7) is 5.59. The van der Waals surface area contributed by atoms with Crippen LogP contribution in [-0.4, -0.2) is 12.1 Å². The van der Waals surface area contributed by atoms with Crippen LogP contribution in [0, 0.1) is 5.92 Å². The molecule has 0 bridgehead atoms. The van der Waals surface area contributed by atoms with E-state index in [-0.39, 0.29) is 12.1 Å². The summed E-state index contributed by atoms with van der Waals surface area (Å²) in [5.74, 6) is 0.138. The fraction of sp³-hybridized carbons (Fsp3) is 0.462. The van der Waals surface area contributed by atoms with Crippen molar-refractivity contribution in [3.05, 3.63) is 35.9 Å². The minimum Gasteiger partial charge on any atom is -0.462 e. The molecule has 15 heavy (non-hydrogen) atoms. The molecule has 0 saturated heterocycles. The SMILES string of the molecule is CC(=O)OC(Cc1ccccc1)C(C)C. The number of esters is 1. The molecule has 0 aromatic heterocycles. The fourth-order valence-corrected chi connectivity index (χ4v) is 1.47. The highest BCUT2D eigenvalue weighted by Gasteiger charge is 2.16. The topological polar surface area (TPSA) is 26.3 Å². The smallest absolute Gasteiger partial charge is 0.302 e. The monoisotopic (exact) mass is 206 g/mol. The van der Waals surface area contributed by atoms with Crippen molar-refractivity contribution in [2.24, 2.45) is 5.92 Å². The van der Waals surface area contributed by atoms with E-state index in [9.17, 15) is 4.79 Å². The number of carbonyl (C=O) groups excluding carboxylic acids is 1. The predicted octanol–water partition coefficient (Wildman–Crippen LogP) is 2.82. The first-order valence-corrected chi connectivity index (χ1v) is 5.30. The van der Waals surface area contributed by atoms with Gasteiger partial charge in [0.15, 0.2) is 0 Å². The van der Waals surface area contributed by atoms with E-state index >= 15 is 0 Å². The molecule has 82 valence electrons. The zero-order chi connectivity index (χ0) is 11.3. The average molecular weight is 206 g/mol. The second-order valence-electron chi connectivity index (χ2n) is 4.08. The zero-order valence-corrected chi connectivity index (χ0v) is 9.57. The number of carbonyl (C=O) groups is 1. The van der Waals surface area contributed by atoms with Crippen molar-refractivity contribution in [3.63, 3.8) is 0 Å². The molecule has 0 radical (unpaired) electrons. The minimum absolute atomic E-state index is 0.0232. The maximum absolute atomic E-state index is 10.9. The van der Waals surface area contributed by atoms with Crippen molar-refractivity contribution in [1.82, 2.24) is 0 Å². The summed E-state index contributed by atoms with van der Waals surface area (Å²) in [4.78, 5) is 10.9. The summed E-state index contributed by atoms with van der Waals surface area (Å²) >= 11 is 0. The summed E-state index contributed by atoms with van der Waals surface area (Å²) in [6.07, 6.45) is 0.767. The first-order valence-electron chi connectivity index (χ1n) is 5.30. The Balaban J connectivity index is 2.63. The van der Waals surface area contributed by atoms with E-state index in [1.165, 1.54) is 12.5 Å². The molecule has 0 amide bonds. The van der Waals surface area contributed by atoms with Gasteiger partial charge in [-0.1, -0.05) is 44.2 Å². The summed E-state index contributed by atoms with van der Waals surface area (Å²) in [6, 6.07) is 10.1. The molecule has 0 fully saturated rings. The van der Waals surface area contributed by atoms with Gasteiger partial charge in [-0.3, -0.25) is 4.79 Å². The standard InChI is InChI=1S/C13H18O2/c1-10(2)13(15-11(3)14)9-12-7-5-4-6-8-12/h4-8,10,13H,9H2,1-3H3. The molecule has 0 saturated carbocycles. The Bertz CT molecular complexity index is 304. The van der Waals surface area contributed by atoms with Gasteiger partial charge in [-0.25, -0.2) is 0 Å². The number of rotatable bonds is 4. The highest BCUT2D eigenvalue weighted by Crippen LogP contribution is 2.13. The Hall–Kier alpha value is -1.31. The molecule has 2 heteroatoms. The maximum atomic E-state index is 10.9. The lowest BCUT2D eigenvalue weighted by Crippen LogP contribution is -2.24. The summed E-state index contributed by atoms with van der Waals surface area (Å²) in [5, 5.41) is 0. The number of benzene rings is 1. The maximum Gasteiger partial charge on any atom is 0.302 e. The van der Waals surface area contributed by atoms with Crippen LogP contribution in [0.3, 0.4) is 0 Å². The van der Waals surface area contributed by atoms with Gasteiger partial charge in [-0.2, -0.15) is 0 Å². The molecule has 1 atom stereocenters. The molecule has 1 unspecified atom stereocenters. The van der Waals surface area contributed by atoms with Gasteiger partial charge in [0.25, 0.3) is 0 Å². The van der Waals surface area contributed by atoms with Crippen LogP contribution in [0.4, 0.5) is 0 Å². The summed E-state index contributed by atoms with van der Waals surface area (Å²) in [5.41, 5.74) is 1.21. The van der Waals surface area contributed by atoms with Crippen LogP contribution in [0.1, 0.15) is 26.3 Å². The first kappa shape index (κ1) is 11.8. The van der Waals surface area contributed by atoms with E-state index in [1.54, 1.807) is 0 Å². The van der Waals surface area contributed by atoms with Crippen LogP contribution in [-0.2, 0) is 16.0 Å². The molecule has 0 N–H and O–H groups in total. The third-order valence-corrected chi connectivity index (χ3v) is 2.34. The Morgan fingerprint density at radius 3 is 2.33 bits per heavy atom. The van der Waals surface area contributed by atoms with E-state index in [4.69, 9.17) is 4.74 Å². The second-order valence-corrected chi connectivity index (χ2v) is 4.08. The van der Waals surface area contributed by atoms with E-state index in [1.807, 2.05) is 18.2 Å². The normalized spacial score (nSPS) is 12.5. The number of hydrogen-bond donors (Lipinski definition) is 0. The summed E-state index contributed by atoms with van der Waals surface area (Å²) < 4.78 is 5.28. The van der Waals surface area contributed by atoms with Gasteiger partial charge in [0.1, 0.15) is 6.10 Å². The molecule has 1 aromatic carbocycles. The highest BCUT2D eigenvalue weighted by molar-refractivity contribution is 5.66. The van der Waals surface area contributed by atoms with Crippen LogP contribution in [0.15, 0.2) is 30.3 Å². The van der Waals surface area contributed by atoms with E-state index in [2.05, 4.69) is 26.0 Å². The third-order valence-electron chi connectivity index (χ3n) is 2.34. The molecule has 0 aliphatic rings. The molecule has 2 nitrogen and oxygen atoms in total. The molecule has 1 rings (SSSR count). The lowest BCUT2D eigenvalue weighted by molar-refractivity contribution is -0.148. The zero-order valence-electron chi connectivity index (χ0n) is 9.57. The molecule has 0 aliphatic heterocycles. The predicted molar refractivity (Wildman–Crippen MR) is 60.5 cm³/mol. The molecule has 1 aromatic rings. The average Bonchev–Trinajstić information content (AvgIpc) is 2.17. The molecule has 0 aliphatic carbocycles. The molecule has 0 spiro atoms.